The van der Waals surface area contributed by atoms with E-state index in [1.54, 1.807) is 23.9 Å². The van der Waals surface area contributed by atoms with E-state index in [1.165, 1.54) is 11.3 Å². The van der Waals surface area contributed by atoms with E-state index < -0.39 is 6.10 Å². The van der Waals surface area contributed by atoms with E-state index in [2.05, 4.69) is 4.98 Å². The molecule has 2 atom stereocenters. The van der Waals surface area contributed by atoms with Crippen molar-refractivity contribution < 1.29 is 14.3 Å². The Morgan fingerprint density at radius 2 is 2.39 bits per heavy atom. The minimum absolute atomic E-state index is 0.0339. The van der Waals surface area contributed by atoms with E-state index in [0.29, 0.717) is 17.1 Å². The zero-order chi connectivity index (χ0) is 16.2. The van der Waals surface area contributed by atoms with Gasteiger partial charge in [-0.1, -0.05) is 12.8 Å². The Hall–Kier alpha value is -1.66. The Kier molecular flexibility index (Phi) is 5.13. The molecule has 0 radical (unpaired) electrons. The van der Waals surface area contributed by atoms with E-state index in [1.807, 2.05) is 11.8 Å². The van der Waals surface area contributed by atoms with Crippen molar-refractivity contribution in [3.63, 3.8) is 0 Å². The highest BCUT2D eigenvalue weighted by molar-refractivity contribution is 7.11. The molecule has 124 valence electrons. The predicted molar refractivity (Wildman–Crippen MR) is 88.4 cm³/mol. The number of carbonyl (C=O) groups excluding carboxylic acids is 1. The van der Waals surface area contributed by atoms with Crippen LogP contribution in [-0.2, 0) is 0 Å². The molecular weight excluding hydrogens is 312 g/mol. The first kappa shape index (κ1) is 16.2. The molecule has 1 aliphatic heterocycles. The molecule has 0 bridgehead atoms. The van der Waals surface area contributed by atoms with E-state index in [0.717, 1.165) is 37.9 Å². The van der Waals surface area contributed by atoms with Gasteiger partial charge in [-0.15, -0.1) is 11.3 Å². The van der Waals surface area contributed by atoms with Crippen molar-refractivity contribution in [1.82, 2.24) is 9.88 Å². The Morgan fingerprint density at radius 1 is 1.52 bits per heavy atom. The van der Waals surface area contributed by atoms with Crippen molar-refractivity contribution in [3.05, 3.63) is 40.2 Å². The third-order valence-electron chi connectivity index (χ3n) is 4.44. The van der Waals surface area contributed by atoms with E-state index in [4.69, 9.17) is 4.42 Å². The topological polar surface area (TPSA) is 66.6 Å². The molecule has 0 saturated carbocycles. The summed E-state index contributed by atoms with van der Waals surface area (Å²) in [6, 6.07) is 3.59. The molecule has 2 aromatic heterocycles. The van der Waals surface area contributed by atoms with Crippen molar-refractivity contribution in [1.29, 1.82) is 0 Å². The monoisotopic (exact) mass is 334 g/mol. The fraction of sp³-hybridized carbons (Fsp3) is 0.529. The quantitative estimate of drug-likeness (QED) is 0.928. The largest absolute Gasteiger partial charge is 0.467 e. The standard InChI is InChI=1S/C17H22N2O3S/c1-12-16(23-11-18-12)17(21)19-8-4-2-3-6-13(19)10-14(20)15-7-5-9-22-15/h5,7,9,11,13-14,20H,2-4,6,8,10H2,1H3/t13-,14-/m0/s1. The fourth-order valence-corrected chi connectivity index (χ4v) is 3.94. The van der Waals surface area contributed by atoms with E-state index in [9.17, 15) is 9.90 Å². The van der Waals surface area contributed by atoms with Crippen LogP contribution in [0.1, 0.15) is 59.3 Å². The molecule has 1 N–H and O–H groups in total. The lowest BCUT2D eigenvalue weighted by molar-refractivity contribution is 0.0561. The second kappa shape index (κ2) is 7.27. The third-order valence-corrected chi connectivity index (χ3v) is 5.36. The first-order chi connectivity index (χ1) is 11.2. The fourth-order valence-electron chi connectivity index (χ4n) is 3.18. The van der Waals surface area contributed by atoms with Crippen LogP contribution < -0.4 is 0 Å². The van der Waals surface area contributed by atoms with Gasteiger partial charge in [-0.3, -0.25) is 4.79 Å². The van der Waals surface area contributed by atoms with Crippen molar-refractivity contribution in [2.45, 2.75) is 51.2 Å². The number of rotatable bonds is 4. The lowest BCUT2D eigenvalue weighted by atomic mass is 10.0. The van der Waals surface area contributed by atoms with E-state index >= 15 is 0 Å². The number of furan rings is 1. The molecule has 0 unspecified atom stereocenters. The minimum Gasteiger partial charge on any atom is -0.467 e. The van der Waals surface area contributed by atoms with Crippen LogP contribution in [-0.4, -0.2) is 33.5 Å². The number of aliphatic hydroxyl groups excluding tert-OH is 1. The number of hydrogen-bond acceptors (Lipinski definition) is 5. The average molecular weight is 334 g/mol. The maximum absolute atomic E-state index is 12.9. The van der Waals surface area contributed by atoms with Gasteiger partial charge in [0.15, 0.2) is 0 Å². The lowest BCUT2D eigenvalue weighted by Crippen LogP contribution is -2.40. The van der Waals surface area contributed by atoms with Gasteiger partial charge in [-0.25, -0.2) is 4.98 Å². The number of carbonyl (C=O) groups is 1. The summed E-state index contributed by atoms with van der Waals surface area (Å²) in [6.45, 7) is 2.61. The number of likely N-dealkylation sites (tertiary alicyclic amines) is 1. The Morgan fingerprint density at radius 3 is 3.09 bits per heavy atom. The number of aromatic nitrogens is 1. The molecule has 3 heterocycles. The maximum atomic E-state index is 12.9. The van der Waals surface area contributed by atoms with Crippen LogP contribution in [0.2, 0.25) is 0 Å². The Bertz CT molecular complexity index is 638. The van der Waals surface area contributed by atoms with Gasteiger partial charge < -0.3 is 14.4 Å². The zero-order valence-corrected chi connectivity index (χ0v) is 14.1. The van der Waals surface area contributed by atoms with Crippen LogP contribution in [0.5, 0.6) is 0 Å². The molecule has 23 heavy (non-hydrogen) atoms. The lowest BCUT2D eigenvalue weighted by Gasteiger charge is -2.31. The van der Waals surface area contributed by atoms with Gasteiger partial charge in [0.2, 0.25) is 0 Å². The molecule has 1 amide bonds. The van der Waals surface area contributed by atoms with Gasteiger partial charge in [0.05, 0.1) is 17.5 Å². The zero-order valence-electron chi connectivity index (χ0n) is 13.3. The van der Waals surface area contributed by atoms with Crippen molar-refractivity contribution in [3.8, 4) is 0 Å². The summed E-state index contributed by atoms with van der Waals surface area (Å²) in [7, 11) is 0. The molecule has 5 nitrogen and oxygen atoms in total. The Labute approximate surface area is 140 Å². The molecule has 0 spiro atoms. The highest BCUT2D eigenvalue weighted by Gasteiger charge is 2.30. The van der Waals surface area contributed by atoms with Gasteiger partial charge >= 0.3 is 0 Å². The van der Waals surface area contributed by atoms with Crippen LogP contribution in [0.4, 0.5) is 0 Å². The number of thiazole rings is 1. The van der Waals surface area contributed by atoms with Crippen molar-refractivity contribution >= 4 is 17.2 Å². The molecular formula is C17H22N2O3S. The minimum atomic E-state index is -0.675. The smallest absolute Gasteiger partial charge is 0.266 e. The number of aryl methyl sites for hydroxylation is 1. The van der Waals surface area contributed by atoms with Gasteiger partial charge in [0, 0.05) is 19.0 Å². The van der Waals surface area contributed by atoms with Gasteiger partial charge in [-0.05, 0) is 31.9 Å². The molecule has 0 aliphatic carbocycles. The summed E-state index contributed by atoms with van der Waals surface area (Å²) in [5, 5.41) is 10.4. The highest BCUT2D eigenvalue weighted by Crippen LogP contribution is 2.28. The molecule has 1 fully saturated rings. The third kappa shape index (κ3) is 3.64. The second-order valence-electron chi connectivity index (χ2n) is 6.04. The normalized spacial score (nSPS) is 20.3. The SMILES string of the molecule is Cc1ncsc1C(=O)N1CCCCC[C@H]1C[C@H](O)c1ccco1. The van der Waals surface area contributed by atoms with Gasteiger partial charge in [0.1, 0.15) is 16.7 Å². The number of aliphatic hydroxyl groups is 1. The maximum Gasteiger partial charge on any atom is 0.266 e. The van der Waals surface area contributed by atoms with Crippen molar-refractivity contribution in [2.75, 3.05) is 6.54 Å². The van der Waals surface area contributed by atoms with Gasteiger partial charge in [-0.2, -0.15) is 0 Å². The van der Waals surface area contributed by atoms with Crippen LogP contribution in [0.25, 0.3) is 0 Å². The van der Waals surface area contributed by atoms with Crippen LogP contribution in [0.15, 0.2) is 28.3 Å². The summed E-state index contributed by atoms with van der Waals surface area (Å²) in [5.41, 5.74) is 2.50. The number of amides is 1. The van der Waals surface area contributed by atoms with Crippen LogP contribution in [0.3, 0.4) is 0 Å². The second-order valence-corrected chi connectivity index (χ2v) is 6.89. The van der Waals surface area contributed by atoms with Gasteiger partial charge in [0.25, 0.3) is 5.91 Å². The summed E-state index contributed by atoms with van der Waals surface area (Å²) >= 11 is 1.39. The number of hydrogen-bond donors (Lipinski definition) is 1. The Balaban J connectivity index is 1.77. The van der Waals surface area contributed by atoms with Crippen LogP contribution in [0, 0.1) is 6.92 Å². The summed E-state index contributed by atoms with van der Waals surface area (Å²) in [5.74, 6) is 0.610. The van der Waals surface area contributed by atoms with E-state index in [-0.39, 0.29) is 11.9 Å². The number of nitrogens with zero attached hydrogens (tertiary/aromatic N) is 2. The average Bonchev–Trinajstić information content (AvgIpc) is 3.16. The molecule has 3 rings (SSSR count). The molecule has 0 aromatic carbocycles. The predicted octanol–water partition coefficient (Wildman–Crippen LogP) is 3.55. The first-order valence-corrected chi connectivity index (χ1v) is 8.97. The van der Waals surface area contributed by atoms with Crippen LogP contribution >= 0.6 is 11.3 Å². The first-order valence-electron chi connectivity index (χ1n) is 8.09. The summed E-state index contributed by atoms with van der Waals surface area (Å²) in [6.07, 6.45) is 5.54. The molecule has 1 saturated heterocycles. The molecule has 6 heteroatoms. The molecule has 2 aromatic rings. The summed E-state index contributed by atoms with van der Waals surface area (Å²) < 4.78 is 5.29. The summed E-state index contributed by atoms with van der Waals surface area (Å²) in [4.78, 5) is 19.7. The highest BCUT2D eigenvalue weighted by atomic mass is 32.1. The molecule has 1 aliphatic rings. The van der Waals surface area contributed by atoms with Crippen molar-refractivity contribution in [2.24, 2.45) is 0 Å².